The number of benzene rings is 1. The van der Waals surface area contributed by atoms with E-state index < -0.39 is 0 Å². The van der Waals surface area contributed by atoms with Gasteiger partial charge in [-0.15, -0.1) is 0 Å². The van der Waals surface area contributed by atoms with Crippen LogP contribution < -0.4 is 5.32 Å². The molecule has 2 heteroatoms. The molecule has 1 fully saturated rings. The third-order valence-corrected chi connectivity index (χ3v) is 4.71. The van der Waals surface area contributed by atoms with Crippen LogP contribution in [0.2, 0.25) is 0 Å². The van der Waals surface area contributed by atoms with Gasteiger partial charge >= 0.3 is 0 Å². The minimum Gasteiger partial charge on any atom is -0.369 e. The molecule has 1 heterocycles. The third-order valence-electron chi connectivity index (χ3n) is 4.71. The number of hydrogen-bond acceptors (Lipinski definition) is 2. The molecule has 0 bridgehead atoms. The lowest BCUT2D eigenvalue weighted by atomic mass is 9.77. The zero-order valence-electron chi connectivity index (χ0n) is 14.0. The molecule has 2 rings (SSSR count). The minimum atomic E-state index is -0.105. The molecule has 2 atom stereocenters. The van der Waals surface area contributed by atoms with Crippen LogP contribution >= 0.6 is 0 Å². The Hall–Kier alpha value is -0.860. The molecule has 0 aliphatic carbocycles. The van der Waals surface area contributed by atoms with E-state index in [0.717, 1.165) is 6.42 Å². The summed E-state index contributed by atoms with van der Waals surface area (Å²) in [5.74, 6) is 0.474. The van der Waals surface area contributed by atoms with Crippen LogP contribution in [0.15, 0.2) is 18.2 Å². The van der Waals surface area contributed by atoms with Gasteiger partial charge in [-0.2, -0.15) is 0 Å². The fraction of sp³-hybridized carbons (Fsp3) is 0.667. The van der Waals surface area contributed by atoms with Crippen molar-refractivity contribution in [1.82, 2.24) is 5.32 Å². The van der Waals surface area contributed by atoms with Gasteiger partial charge in [0.15, 0.2) is 0 Å². The first-order valence-electron chi connectivity index (χ1n) is 7.61. The predicted octanol–water partition coefficient (Wildman–Crippen LogP) is 4.16. The van der Waals surface area contributed by atoms with Crippen molar-refractivity contribution >= 4 is 0 Å². The van der Waals surface area contributed by atoms with Gasteiger partial charge in [-0.1, -0.05) is 18.2 Å². The van der Waals surface area contributed by atoms with Crippen molar-refractivity contribution in [2.24, 2.45) is 5.92 Å². The molecule has 0 radical (unpaired) electrons. The summed E-state index contributed by atoms with van der Waals surface area (Å²) in [6, 6.07) is 6.90. The van der Waals surface area contributed by atoms with Crippen LogP contribution in [0.5, 0.6) is 0 Å². The summed E-state index contributed by atoms with van der Waals surface area (Å²) in [5.41, 5.74) is 4.02. The number of ether oxygens (including phenoxy) is 1. The summed E-state index contributed by atoms with van der Waals surface area (Å²) in [4.78, 5) is 0. The van der Waals surface area contributed by atoms with E-state index in [1.54, 1.807) is 0 Å². The number of aryl methyl sites for hydroxylation is 2. The lowest BCUT2D eigenvalue weighted by molar-refractivity contribution is -0.0777. The van der Waals surface area contributed by atoms with Crippen molar-refractivity contribution in [3.8, 4) is 0 Å². The zero-order valence-corrected chi connectivity index (χ0v) is 14.0. The normalized spacial score (nSPS) is 25.6. The Labute approximate surface area is 123 Å². The van der Waals surface area contributed by atoms with Crippen LogP contribution in [-0.4, -0.2) is 18.2 Å². The molecule has 1 aliphatic heterocycles. The molecule has 1 N–H and O–H groups in total. The summed E-state index contributed by atoms with van der Waals surface area (Å²) < 4.78 is 6.29. The SMILES string of the molecule is CNC(c1c(C)cccc1C)C1CC(C)(C)OC1(C)C. The van der Waals surface area contributed by atoms with Gasteiger partial charge in [-0.25, -0.2) is 0 Å². The maximum atomic E-state index is 6.29. The Morgan fingerprint density at radius 1 is 1.15 bits per heavy atom. The standard InChI is InChI=1S/C18H29NO/c1-12-9-8-10-13(2)15(12)16(19-7)14-11-17(3,4)20-18(14,5)6/h8-10,14,16,19H,11H2,1-7H3. The molecule has 1 saturated heterocycles. The first kappa shape index (κ1) is 15.5. The van der Waals surface area contributed by atoms with Crippen LogP contribution in [0.25, 0.3) is 0 Å². The number of nitrogens with one attached hydrogen (secondary N) is 1. The summed E-state index contributed by atoms with van der Waals surface area (Å²) >= 11 is 0. The van der Waals surface area contributed by atoms with E-state index in [1.165, 1.54) is 16.7 Å². The first-order chi connectivity index (χ1) is 9.18. The molecule has 0 spiro atoms. The molecule has 20 heavy (non-hydrogen) atoms. The molecule has 0 saturated carbocycles. The van der Waals surface area contributed by atoms with E-state index in [-0.39, 0.29) is 11.2 Å². The van der Waals surface area contributed by atoms with Crippen molar-refractivity contribution in [3.63, 3.8) is 0 Å². The molecule has 0 amide bonds. The second-order valence-electron chi connectivity index (χ2n) is 7.35. The van der Waals surface area contributed by atoms with Gasteiger partial charge in [-0.3, -0.25) is 0 Å². The summed E-state index contributed by atoms with van der Waals surface area (Å²) in [5, 5.41) is 3.56. The lowest BCUT2D eigenvalue weighted by Crippen LogP contribution is -2.37. The van der Waals surface area contributed by atoms with Crippen molar-refractivity contribution in [1.29, 1.82) is 0 Å². The highest BCUT2D eigenvalue weighted by molar-refractivity contribution is 5.37. The molecule has 1 aromatic rings. The summed E-state index contributed by atoms with van der Waals surface area (Å²) in [6.45, 7) is 13.3. The highest BCUT2D eigenvalue weighted by Crippen LogP contribution is 2.48. The largest absolute Gasteiger partial charge is 0.369 e. The highest BCUT2D eigenvalue weighted by atomic mass is 16.5. The third kappa shape index (κ3) is 2.77. The van der Waals surface area contributed by atoms with Crippen LogP contribution in [0.4, 0.5) is 0 Å². The molecule has 2 unspecified atom stereocenters. The molecule has 1 aromatic carbocycles. The predicted molar refractivity (Wildman–Crippen MR) is 85.1 cm³/mol. The van der Waals surface area contributed by atoms with E-state index in [1.807, 2.05) is 0 Å². The molecule has 112 valence electrons. The van der Waals surface area contributed by atoms with Crippen LogP contribution in [0.3, 0.4) is 0 Å². The average molecular weight is 275 g/mol. The molecule has 2 nitrogen and oxygen atoms in total. The van der Waals surface area contributed by atoms with Crippen LogP contribution in [-0.2, 0) is 4.74 Å². The smallest absolute Gasteiger partial charge is 0.0681 e. The van der Waals surface area contributed by atoms with E-state index in [2.05, 4.69) is 72.1 Å². The average Bonchev–Trinajstić information content (AvgIpc) is 2.52. The zero-order chi connectivity index (χ0) is 15.1. The highest BCUT2D eigenvalue weighted by Gasteiger charge is 2.49. The first-order valence-corrected chi connectivity index (χ1v) is 7.61. The van der Waals surface area contributed by atoms with Gasteiger partial charge in [0, 0.05) is 12.0 Å². The summed E-state index contributed by atoms with van der Waals surface area (Å²) in [7, 11) is 2.07. The fourth-order valence-electron chi connectivity index (χ4n) is 3.99. The Kier molecular flexibility index (Phi) is 4.01. The second kappa shape index (κ2) is 5.16. The Morgan fingerprint density at radius 2 is 1.70 bits per heavy atom. The van der Waals surface area contributed by atoms with Gasteiger partial charge in [0.1, 0.15) is 0 Å². The van der Waals surface area contributed by atoms with Gasteiger partial charge in [0.25, 0.3) is 0 Å². The van der Waals surface area contributed by atoms with Crippen molar-refractivity contribution in [2.75, 3.05) is 7.05 Å². The van der Waals surface area contributed by atoms with Gasteiger partial charge in [0.2, 0.25) is 0 Å². The molecular weight excluding hydrogens is 246 g/mol. The molecular formula is C18H29NO. The monoisotopic (exact) mass is 275 g/mol. The maximum Gasteiger partial charge on any atom is 0.0681 e. The van der Waals surface area contributed by atoms with E-state index in [4.69, 9.17) is 4.74 Å². The van der Waals surface area contributed by atoms with Crippen molar-refractivity contribution < 1.29 is 4.74 Å². The molecule has 0 aromatic heterocycles. The van der Waals surface area contributed by atoms with Crippen LogP contribution in [0, 0.1) is 19.8 Å². The Bertz CT molecular complexity index is 470. The second-order valence-corrected chi connectivity index (χ2v) is 7.35. The minimum absolute atomic E-state index is 0.0418. The van der Waals surface area contributed by atoms with Crippen molar-refractivity contribution in [2.45, 2.75) is 65.2 Å². The van der Waals surface area contributed by atoms with Crippen LogP contribution in [0.1, 0.15) is 56.8 Å². The van der Waals surface area contributed by atoms with Crippen molar-refractivity contribution in [3.05, 3.63) is 34.9 Å². The van der Waals surface area contributed by atoms with Gasteiger partial charge < -0.3 is 10.1 Å². The lowest BCUT2D eigenvalue weighted by Gasteiger charge is -2.34. The van der Waals surface area contributed by atoms with E-state index in [0.29, 0.717) is 12.0 Å². The van der Waals surface area contributed by atoms with Gasteiger partial charge in [-0.05, 0) is 71.7 Å². The van der Waals surface area contributed by atoms with E-state index >= 15 is 0 Å². The Balaban J connectivity index is 2.43. The number of hydrogen-bond donors (Lipinski definition) is 1. The molecule has 1 aliphatic rings. The Morgan fingerprint density at radius 3 is 2.10 bits per heavy atom. The fourth-order valence-corrected chi connectivity index (χ4v) is 3.99. The van der Waals surface area contributed by atoms with E-state index in [9.17, 15) is 0 Å². The quantitative estimate of drug-likeness (QED) is 0.894. The van der Waals surface area contributed by atoms with Gasteiger partial charge in [0.05, 0.1) is 11.2 Å². The maximum absolute atomic E-state index is 6.29. The summed E-state index contributed by atoms with van der Waals surface area (Å²) in [6.07, 6.45) is 1.08. The topological polar surface area (TPSA) is 21.3 Å². The number of rotatable bonds is 3.